The first-order valence-corrected chi connectivity index (χ1v) is 7.32. The van der Waals surface area contributed by atoms with Crippen LogP contribution in [0.4, 0.5) is 10.1 Å². The molecule has 0 N–H and O–H groups in total. The van der Waals surface area contributed by atoms with Gasteiger partial charge in [0.2, 0.25) is 0 Å². The van der Waals surface area contributed by atoms with Gasteiger partial charge in [0.15, 0.2) is 0 Å². The molecule has 1 atom stereocenters. The minimum Gasteiger partial charge on any atom is -0.487 e. The molecule has 3 rings (SSSR count). The van der Waals surface area contributed by atoms with Gasteiger partial charge >= 0.3 is 0 Å². The molecule has 0 saturated carbocycles. The molecule has 0 saturated heterocycles. The molecule has 0 aliphatic carbocycles. The number of hydrogen-bond donors (Lipinski definition) is 0. The molecular formula is C16H18FN3O2. The third-order valence-corrected chi connectivity index (χ3v) is 3.65. The number of halogens is 1. The summed E-state index contributed by atoms with van der Waals surface area (Å²) >= 11 is 0. The summed E-state index contributed by atoms with van der Waals surface area (Å²) in [6.07, 6.45) is -0.197. The maximum atomic E-state index is 13.4. The molecule has 1 amide bonds. The number of nitrogens with zero attached hydrogens (tertiary/aromatic N) is 3. The number of rotatable bonds is 2. The number of ether oxygens (including phenoxy) is 1. The van der Waals surface area contributed by atoms with Crippen molar-refractivity contribution in [2.45, 2.75) is 33.4 Å². The monoisotopic (exact) mass is 303 g/mol. The highest BCUT2D eigenvalue weighted by Gasteiger charge is 2.30. The number of carbonyl (C=O) groups is 1. The molecule has 116 valence electrons. The molecule has 5 nitrogen and oxygen atoms in total. The van der Waals surface area contributed by atoms with Crippen LogP contribution in [0.1, 0.15) is 30.0 Å². The Morgan fingerprint density at radius 3 is 2.95 bits per heavy atom. The standard InChI is InChI=1S/C16H18FN3O2/c1-4-20-14(7-10(2)18-20)16(21)19-9-11(3)22-15-8-12(17)5-6-13(15)19/h5-8,11H,4,9H2,1-3H3. The Bertz CT molecular complexity index is 726. The van der Waals surface area contributed by atoms with E-state index in [0.717, 1.165) is 5.69 Å². The lowest BCUT2D eigenvalue weighted by Gasteiger charge is -2.33. The minimum atomic E-state index is -0.380. The molecule has 1 aromatic heterocycles. The van der Waals surface area contributed by atoms with Crippen LogP contribution in [0.15, 0.2) is 24.3 Å². The molecule has 6 heteroatoms. The molecule has 1 unspecified atom stereocenters. The highest BCUT2D eigenvalue weighted by molar-refractivity contribution is 6.06. The summed E-state index contributed by atoms with van der Waals surface area (Å²) in [5, 5.41) is 4.31. The van der Waals surface area contributed by atoms with E-state index in [-0.39, 0.29) is 17.8 Å². The summed E-state index contributed by atoms with van der Waals surface area (Å²) in [5.74, 6) is -0.133. The van der Waals surface area contributed by atoms with E-state index in [1.807, 2.05) is 20.8 Å². The molecule has 0 bridgehead atoms. The Morgan fingerprint density at radius 2 is 2.23 bits per heavy atom. The molecule has 0 spiro atoms. The van der Waals surface area contributed by atoms with Crippen LogP contribution in [0.2, 0.25) is 0 Å². The molecule has 2 aromatic rings. The lowest BCUT2D eigenvalue weighted by Crippen LogP contribution is -2.43. The second-order valence-electron chi connectivity index (χ2n) is 5.44. The quantitative estimate of drug-likeness (QED) is 0.857. The SMILES string of the molecule is CCn1nc(C)cc1C(=O)N1CC(C)Oc2cc(F)ccc21. The lowest BCUT2D eigenvalue weighted by atomic mass is 10.1. The molecule has 2 heterocycles. The number of aromatic nitrogens is 2. The molecule has 0 fully saturated rings. The van der Waals surface area contributed by atoms with E-state index in [0.29, 0.717) is 30.2 Å². The van der Waals surface area contributed by atoms with Gasteiger partial charge in [0.1, 0.15) is 23.4 Å². The Morgan fingerprint density at radius 1 is 1.45 bits per heavy atom. The first-order valence-electron chi connectivity index (χ1n) is 7.32. The van der Waals surface area contributed by atoms with Crippen molar-refractivity contribution < 1.29 is 13.9 Å². The van der Waals surface area contributed by atoms with Gasteiger partial charge in [-0.25, -0.2) is 4.39 Å². The van der Waals surface area contributed by atoms with Crippen molar-refractivity contribution in [1.29, 1.82) is 0 Å². The van der Waals surface area contributed by atoms with Gasteiger partial charge in [0.05, 0.1) is 17.9 Å². The molecule has 1 aliphatic heterocycles. The van der Waals surface area contributed by atoms with Crippen LogP contribution in [0.5, 0.6) is 5.75 Å². The number of benzene rings is 1. The van der Waals surface area contributed by atoms with Crippen molar-refractivity contribution in [3.05, 3.63) is 41.5 Å². The Labute approximate surface area is 128 Å². The Kier molecular flexibility index (Phi) is 3.60. The first-order chi connectivity index (χ1) is 10.5. The van der Waals surface area contributed by atoms with Crippen LogP contribution in [-0.2, 0) is 6.54 Å². The van der Waals surface area contributed by atoms with Crippen molar-refractivity contribution in [3.63, 3.8) is 0 Å². The largest absolute Gasteiger partial charge is 0.487 e. The summed E-state index contributed by atoms with van der Waals surface area (Å²) in [6.45, 7) is 6.69. The predicted octanol–water partition coefficient (Wildman–Crippen LogP) is 2.78. The summed E-state index contributed by atoms with van der Waals surface area (Å²) in [6, 6.07) is 6.00. The second kappa shape index (κ2) is 5.44. The van der Waals surface area contributed by atoms with Crippen LogP contribution < -0.4 is 9.64 Å². The average molecular weight is 303 g/mol. The number of hydrogen-bond acceptors (Lipinski definition) is 3. The van der Waals surface area contributed by atoms with E-state index < -0.39 is 0 Å². The van der Waals surface area contributed by atoms with Gasteiger partial charge in [-0.3, -0.25) is 14.4 Å². The number of anilines is 1. The summed E-state index contributed by atoms with van der Waals surface area (Å²) in [4.78, 5) is 14.5. The van der Waals surface area contributed by atoms with Gasteiger partial charge < -0.3 is 4.74 Å². The maximum Gasteiger partial charge on any atom is 0.276 e. The van der Waals surface area contributed by atoms with E-state index in [9.17, 15) is 9.18 Å². The zero-order valence-corrected chi connectivity index (χ0v) is 12.8. The van der Waals surface area contributed by atoms with E-state index in [4.69, 9.17) is 4.74 Å². The molecule has 1 aromatic carbocycles. The number of fused-ring (bicyclic) bond motifs is 1. The maximum absolute atomic E-state index is 13.4. The Hall–Kier alpha value is -2.37. The second-order valence-corrected chi connectivity index (χ2v) is 5.44. The highest BCUT2D eigenvalue weighted by Crippen LogP contribution is 2.34. The highest BCUT2D eigenvalue weighted by atomic mass is 19.1. The van der Waals surface area contributed by atoms with Crippen LogP contribution in [0.25, 0.3) is 0 Å². The summed E-state index contributed by atoms with van der Waals surface area (Å²) < 4.78 is 20.7. The fourth-order valence-corrected chi connectivity index (χ4v) is 2.70. The van der Waals surface area contributed by atoms with Gasteiger partial charge in [-0.15, -0.1) is 0 Å². The predicted molar refractivity (Wildman–Crippen MR) is 80.8 cm³/mol. The molecule has 1 aliphatic rings. The fourth-order valence-electron chi connectivity index (χ4n) is 2.70. The van der Waals surface area contributed by atoms with Crippen LogP contribution in [-0.4, -0.2) is 28.3 Å². The van der Waals surface area contributed by atoms with Crippen molar-refractivity contribution in [1.82, 2.24) is 9.78 Å². The summed E-state index contributed by atoms with van der Waals surface area (Å²) in [7, 11) is 0. The summed E-state index contributed by atoms with van der Waals surface area (Å²) in [5.41, 5.74) is 1.92. The third-order valence-electron chi connectivity index (χ3n) is 3.65. The van der Waals surface area contributed by atoms with Crippen molar-refractivity contribution in [2.75, 3.05) is 11.4 Å². The van der Waals surface area contributed by atoms with E-state index in [1.54, 1.807) is 21.7 Å². The minimum absolute atomic E-state index is 0.148. The van der Waals surface area contributed by atoms with Gasteiger partial charge in [-0.1, -0.05) is 0 Å². The van der Waals surface area contributed by atoms with E-state index in [2.05, 4.69) is 5.10 Å². The smallest absolute Gasteiger partial charge is 0.276 e. The van der Waals surface area contributed by atoms with Crippen molar-refractivity contribution in [3.8, 4) is 5.75 Å². The van der Waals surface area contributed by atoms with Gasteiger partial charge in [0, 0.05) is 12.6 Å². The lowest BCUT2D eigenvalue weighted by molar-refractivity contribution is 0.0950. The molecular weight excluding hydrogens is 285 g/mol. The Balaban J connectivity index is 2.03. The average Bonchev–Trinajstić information content (AvgIpc) is 2.86. The molecule has 22 heavy (non-hydrogen) atoms. The fraction of sp³-hybridized carbons (Fsp3) is 0.375. The van der Waals surface area contributed by atoms with Crippen molar-refractivity contribution >= 4 is 11.6 Å². The van der Waals surface area contributed by atoms with Crippen LogP contribution in [0, 0.1) is 12.7 Å². The number of amides is 1. The number of aryl methyl sites for hydroxylation is 2. The third kappa shape index (κ3) is 2.45. The van der Waals surface area contributed by atoms with Crippen LogP contribution in [0.3, 0.4) is 0 Å². The zero-order chi connectivity index (χ0) is 15.9. The van der Waals surface area contributed by atoms with Crippen LogP contribution >= 0.6 is 0 Å². The van der Waals surface area contributed by atoms with E-state index >= 15 is 0 Å². The van der Waals surface area contributed by atoms with Gasteiger partial charge in [-0.05, 0) is 39.0 Å². The number of carbonyl (C=O) groups excluding carboxylic acids is 1. The zero-order valence-electron chi connectivity index (χ0n) is 12.8. The topological polar surface area (TPSA) is 47.4 Å². The van der Waals surface area contributed by atoms with E-state index in [1.165, 1.54) is 12.1 Å². The van der Waals surface area contributed by atoms with Gasteiger partial charge in [-0.2, -0.15) is 5.10 Å². The van der Waals surface area contributed by atoms with Gasteiger partial charge in [0.25, 0.3) is 5.91 Å². The van der Waals surface area contributed by atoms with Crippen molar-refractivity contribution in [2.24, 2.45) is 0 Å². The normalized spacial score (nSPS) is 17.1. The first kappa shape index (κ1) is 14.6. The molecule has 0 radical (unpaired) electrons.